The van der Waals surface area contributed by atoms with E-state index in [2.05, 4.69) is 29.1 Å². The van der Waals surface area contributed by atoms with Gasteiger partial charge in [0.25, 0.3) is 0 Å². The molecule has 17 heavy (non-hydrogen) atoms. The van der Waals surface area contributed by atoms with E-state index in [0.717, 1.165) is 11.4 Å². The van der Waals surface area contributed by atoms with Crippen LogP contribution in [0.25, 0.3) is 0 Å². The molecule has 1 unspecified atom stereocenters. The van der Waals surface area contributed by atoms with Crippen LogP contribution in [0.2, 0.25) is 5.15 Å². The predicted octanol–water partition coefficient (Wildman–Crippen LogP) is 2.83. The van der Waals surface area contributed by atoms with Crippen LogP contribution in [0.4, 0.5) is 5.82 Å². The van der Waals surface area contributed by atoms with Crippen molar-refractivity contribution in [1.29, 1.82) is 0 Å². The Bertz CT molecular complexity index is 382. The number of aryl methyl sites for hydroxylation is 1. The molecule has 0 aliphatic rings. The molecule has 0 bridgehead atoms. The van der Waals surface area contributed by atoms with Crippen LogP contribution in [0.3, 0.4) is 0 Å². The monoisotopic (exact) mass is 257 g/mol. The summed E-state index contributed by atoms with van der Waals surface area (Å²) in [5.41, 5.74) is 0.874. The SMILES string of the molecule is COCC(Nc1nc(C)nc(Cl)c1C)C(C)C. The van der Waals surface area contributed by atoms with Gasteiger partial charge in [0.05, 0.1) is 12.6 Å². The Morgan fingerprint density at radius 1 is 1.29 bits per heavy atom. The van der Waals surface area contributed by atoms with E-state index in [1.165, 1.54) is 0 Å². The van der Waals surface area contributed by atoms with Gasteiger partial charge in [-0.15, -0.1) is 0 Å². The highest BCUT2D eigenvalue weighted by Gasteiger charge is 2.16. The molecule has 1 heterocycles. The van der Waals surface area contributed by atoms with Gasteiger partial charge in [0.2, 0.25) is 0 Å². The highest BCUT2D eigenvalue weighted by Crippen LogP contribution is 2.21. The third-order valence-corrected chi connectivity index (χ3v) is 3.04. The molecule has 0 spiro atoms. The van der Waals surface area contributed by atoms with Crippen LogP contribution < -0.4 is 5.32 Å². The number of ether oxygens (including phenoxy) is 1. The summed E-state index contributed by atoms with van der Waals surface area (Å²) in [4.78, 5) is 8.49. The summed E-state index contributed by atoms with van der Waals surface area (Å²) in [5.74, 6) is 1.91. The second-order valence-corrected chi connectivity index (χ2v) is 4.84. The van der Waals surface area contributed by atoms with Gasteiger partial charge >= 0.3 is 0 Å². The molecule has 1 aromatic heterocycles. The number of halogens is 1. The summed E-state index contributed by atoms with van der Waals surface area (Å²) < 4.78 is 5.20. The van der Waals surface area contributed by atoms with E-state index in [1.54, 1.807) is 7.11 Å². The third kappa shape index (κ3) is 3.82. The first kappa shape index (κ1) is 14.2. The average Bonchev–Trinajstić information content (AvgIpc) is 2.24. The smallest absolute Gasteiger partial charge is 0.137 e. The van der Waals surface area contributed by atoms with Crippen LogP contribution in [0, 0.1) is 19.8 Å². The molecular weight excluding hydrogens is 238 g/mol. The second-order valence-electron chi connectivity index (χ2n) is 4.49. The first-order valence-electron chi connectivity index (χ1n) is 5.72. The Balaban J connectivity index is 2.92. The molecule has 0 aliphatic carbocycles. The molecule has 4 nitrogen and oxygen atoms in total. The van der Waals surface area contributed by atoms with Gasteiger partial charge in [-0.2, -0.15) is 0 Å². The van der Waals surface area contributed by atoms with E-state index >= 15 is 0 Å². The van der Waals surface area contributed by atoms with Crippen LogP contribution in [0.15, 0.2) is 0 Å². The lowest BCUT2D eigenvalue weighted by Crippen LogP contribution is -2.31. The number of hydrogen-bond donors (Lipinski definition) is 1. The summed E-state index contributed by atoms with van der Waals surface area (Å²) in [6, 6.07) is 0.212. The minimum absolute atomic E-state index is 0.212. The summed E-state index contributed by atoms with van der Waals surface area (Å²) in [5, 5.41) is 3.87. The molecule has 0 aliphatic heterocycles. The zero-order valence-corrected chi connectivity index (χ0v) is 11.8. The standard InChI is InChI=1S/C12H20ClN3O/c1-7(2)10(6-17-5)16-12-8(3)11(13)14-9(4)15-12/h7,10H,6H2,1-5H3,(H,14,15,16). The molecular formula is C12H20ClN3O. The largest absolute Gasteiger partial charge is 0.383 e. The number of rotatable bonds is 5. The Kier molecular flexibility index (Phi) is 5.15. The number of hydrogen-bond acceptors (Lipinski definition) is 4. The normalized spacial score (nSPS) is 12.9. The van der Waals surface area contributed by atoms with Gasteiger partial charge in [-0.25, -0.2) is 9.97 Å². The van der Waals surface area contributed by atoms with E-state index in [4.69, 9.17) is 16.3 Å². The second kappa shape index (κ2) is 6.17. The molecule has 1 atom stereocenters. The topological polar surface area (TPSA) is 47.0 Å². The highest BCUT2D eigenvalue weighted by atomic mass is 35.5. The zero-order chi connectivity index (χ0) is 13.0. The molecule has 1 aromatic rings. The third-order valence-electron chi connectivity index (χ3n) is 2.67. The van der Waals surface area contributed by atoms with Crippen LogP contribution in [0.5, 0.6) is 0 Å². The van der Waals surface area contributed by atoms with Gasteiger partial charge in [-0.05, 0) is 19.8 Å². The highest BCUT2D eigenvalue weighted by molar-refractivity contribution is 6.30. The number of nitrogens with one attached hydrogen (secondary N) is 1. The van der Waals surface area contributed by atoms with E-state index in [-0.39, 0.29) is 6.04 Å². The van der Waals surface area contributed by atoms with E-state index in [0.29, 0.717) is 23.5 Å². The van der Waals surface area contributed by atoms with Crippen molar-refractivity contribution >= 4 is 17.4 Å². The average molecular weight is 258 g/mol. The van der Waals surface area contributed by atoms with Gasteiger partial charge in [0.1, 0.15) is 16.8 Å². The quantitative estimate of drug-likeness (QED) is 0.824. The molecule has 0 aromatic carbocycles. The number of anilines is 1. The van der Waals surface area contributed by atoms with Crippen molar-refractivity contribution in [2.75, 3.05) is 19.0 Å². The lowest BCUT2D eigenvalue weighted by Gasteiger charge is -2.23. The molecule has 1 rings (SSSR count). The minimum atomic E-state index is 0.212. The van der Waals surface area contributed by atoms with E-state index in [1.807, 2.05) is 13.8 Å². The van der Waals surface area contributed by atoms with Gasteiger partial charge in [-0.3, -0.25) is 0 Å². The molecule has 0 saturated carbocycles. The first-order chi connectivity index (χ1) is 7.95. The van der Waals surface area contributed by atoms with Gasteiger partial charge in [0, 0.05) is 12.7 Å². The number of nitrogens with zero attached hydrogens (tertiary/aromatic N) is 2. The van der Waals surface area contributed by atoms with Crippen molar-refractivity contribution in [3.8, 4) is 0 Å². The minimum Gasteiger partial charge on any atom is -0.383 e. The molecule has 5 heteroatoms. The summed E-state index contributed by atoms with van der Waals surface area (Å²) >= 11 is 6.04. The number of aromatic nitrogens is 2. The van der Waals surface area contributed by atoms with Gasteiger partial charge in [0.15, 0.2) is 0 Å². The van der Waals surface area contributed by atoms with Crippen molar-refractivity contribution < 1.29 is 4.74 Å². The summed E-state index contributed by atoms with van der Waals surface area (Å²) in [6.45, 7) is 8.66. The Morgan fingerprint density at radius 3 is 2.47 bits per heavy atom. The number of methoxy groups -OCH3 is 1. The zero-order valence-electron chi connectivity index (χ0n) is 11.0. The molecule has 0 fully saturated rings. The van der Waals surface area contributed by atoms with Gasteiger partial charge < -0.3 is 10.1 Å². The lowest BCUT2D eigenvalue weighted by atomic mass is 10.1. The molecule has 96 valence electrons. The lowest BCUT2D eigenvalue weighted by molar-refractivity contribution is 0.171. The first-order valence-corrected chi connectivity index (χ1v) is 6.09. The van der Waals surface area contributed by atoms with Crippen molar-refractivity contribution in [2.45, 2.75) is 33.7 Å². The fourth-order valence-electron chi connectivity index (χ4n) is 1.49. The van der Waals surface area contributed by atoms with Crippen molar-refractivity contribution in [1.82, 2.24) is 9.97 Å². The van der Waals surface area contributed by atoms with Crippen LogP contribution in [0.1, 0.15) is 25.2 Å². The van der Waals surface area contributed by atoms with E-state index < -0.39 is 0 Å². The predicted molar refractivity (Wildman–Crippen MR) is 70.6 cm³/mol. The Morgan fingerprint density at radius 2 is 1.94 bits per heavy atom. The molecule has 0 amide bonds. The van der Waals surface area contributed by atoms with Crippen molar-refractivity contribution in [3.05, 3.63) is 16.5 Å². The van der Waals surface area contributed by atoms with Crippen LogP contribution in [-0.2, 0) is 4.74 Å². The van der Waals surface area contributed by atoms with Crippen LogP contribution in [-0.4, -0.2) is 29.7 Å². The fraction of sp³-hybridized carbons (Fsp3) is 0.667. The maximum Gasteiger partial charge on any atom is 0.137 e. The Labute approximate surface area is 108 Å². The maximum atomic E-state index is 6.04. The molecule has 0 radical (unpaired) electrons. The Hall–Kier alpha value is -0.870. The molecule has 0 saturated heterocycles. The summed E-state index contributed by atoms with van der Waals surface area (Å²) in [7, 11) is 1.70. The van der Waals surface area contributed by atoms with Crippen molar-refractivity contribution in [3.63, 3.8) is 0 Å². The van der Waals surface area contributed by atoms with Crippen molar-refractivity contribution in [2.24, 2.45) is 5.92 Å². The van der Waals surface area contributed by atoms with E-state index in [9.17, 15) is 0 Å². The fourth-order valence-corrected chi connectivity index (χ4v) is 1.70. The maximum absolute atomic E-state index is 6.04. The van der Waals surface area contributed by atoms with Gasteiger partial charge in [-0.1, -0.05) is 25.4 Å². The molecule has 1 N–H and O–H groups in total. The summed E-state index contributed by atoms with van der Waals surface area (Å²) in [6.07, 6.45) is 0. The van der Waals surface area contributed by atoms with Crippen LogP contribution >= 0.6 is 11.6 Å².